The molecule has 8 nitrogen and oxygen atoms in total. The number of nitrogens with zero attached hydrogens (tertiary/aromatic N) is 2. The molecule has 32 heavy (non-hydrogen) atoms. The predicted octanol–water partition coefficient (Wildman–Crippen LogP) is 2.26. The summed E-state index contributed by atoms with van der Waals surface area (Å²) in [5.41, 5.74) is -1.17. The van der Waals surface area contributed by atoms with Crippen LogP contribution in [0.1, 0.15) is 37.7 Å². The highest BCUT2D eigenvalue weighted by Gasteiger charge is 2.48. The standard InChI is InChI=1S/C24H30N4O4/c29-22(28-21-11-13-26-16-27-21)20(17-10-12-25-14-17)15-32-23(30)24(31,19-8-4-5-9-19)18-6-2-1-3-7-18/h1-3,6-7,11,13,16-17,19-20,25,31H,4-5,8-10,12,14-15H2,(H,26,27,28,29)/t17-,20?,24?/m0/s1. The number of aromatic nitrogens is 2. The molecule has 1 aromatic carbocycles. The molecule has 3 N–H and O–H groups in total. The number of hydrogen-bond donors (Lipinski definition) is 3. The lowest BCUT2D eigenvalue weighted by atomic mass is 9.80. The lowest BCUT2D eigenvalue weighted by Gasteiger charge is -2.33. The maximum atomic E-state index is 13.3. The Morgan fingerprint density at radius 2 is 1.97 bits per heavy atom. The minimum absolute atomic E-state index is 0.0286. The normalized spacial score (nSPS) is 21.6. The molecule has 1 amide bonds. The number of nitrogens with one attached hydrogen (secondary N) is 2. The van der Waals surface area contributed by atoms with Crippen LogP contribution in [0, 0.1) is 17.8 Å². The Hall–Kier alpha value is -2.84. The molecule has 1 saturated heterocycles. The largest absolute Gasteiger partial charge is 0.462 e. The second-order valence-corrected chi connectivity index (χ2v) is 8.66. The molecular weight excluding hydrogens is 408 g/mol. The van der Waals surface area contributed by atoms with Crippen molar-refractivity contribution in [1.82, 2.24) is 15.3 Å². The van der Waals surface area contributed by atoms with Crippen molar-refractivity contribution in [3.05, 3.63) is 54.5 Å². The van der Waals surface area contributed by atoms with E-state index < -0.39 is 17.5 Å². The highest BCUT2D eigenvalue weighted by Crippen LogP contribution is 2.41. The molecule has 1 aromatic heterocycles. The van der Waals surface area contributed by atoms with Crippen molar-refractivity contribution in [2.75, 3.05) is 25.0 Å². The summed E-state index contributed by atoms with van der Waals surface area (Å²) >= 11 is 0. The van der Waals surface area contributed by atoms with Crippen molar-refractivity contribution in [3.63, 3.8) is 0 Å². The van der Waals surface area contributed by atoms with E-state index in [0.29, 0.717) is 17.9 Å². The first kappa shape index (κ1) is 22.4. The highest BCUT2D eigenvalue weighted by molar-refractivity contribution is 5.92. The molecular formula is C24H30N4O4. The summed E-state index contributed by atoms with van der Waals surface area (Å²) in [6.07, 6.45) is 7.22. The summed E-state index contributed by atoms with van der Waals surface area (Å²) in [4.78, 5) is 34.3. The summed E-state index contributed by atoms with van der Waals surface area (Å²) in [5.74, 6) is -1.25. The predicted molar refractivity (Wildman–Crippen MR) is 118 cm³/mol. The van der Waals surface area contributed by atoms with Crippen LogP contribution in [0.2, 0.25) is 0 Å². The molecule has 0 spiro atoms. The van der Waals surface area contributed by atoms with Gasteiger partial charge in [0, 0.05) is 12.1 Å². The number of ether oxygens (including phenoxy) is 1. The van der Waals surface area contributed by atoms with Crippen molar-refractivity contribution in [1.29, 1.82) is 0 Å². The molecule has 170 valence electrons. The summed E-state index contributed by atoms with van der Waals surface area (Å²) in [6.45, 7) is 1.39. The minimum atomic E-state index is -1.71. The Balaban J connectivity index is 1.50. The van der Waals surface area contributed by atoms with Gasteiger partial charge >= 0.3 is 5.97 Å². The molecule has 0 bridgehead atoms. The smallest absolute Gasteiger partial charge is 0.343 e. The van der Waals surface area contributed by atoms with Crippen LogP contribution in [0.4, 0.5) is 5.82 Å². The molecule has 0 radical (unpaired) electrons. The average molecular weight is 439 g/mol. The lowest BCUT2D eigenvalue weighted by Crippen LogP contribution is -2.45. The zero-order valence-electron chi connectivity index (χ0n) is 18.1. The molecule has 1 saturated carbocycles. The molecule has 2 fully saturated rings. The van der Waals surface area contributed by atoms with Gasteiger partial charge in [0.2, 0.25) is 5.91 Å². The molecule has 8 heteroatoms. The maximum Gasteiger partial charge on any atom is 0.343 e. The molecule has 2 heterocycles. The number of hydrogen-bond acceptors (Lipinski definition) is 7. The van der Waals surface area contributed by atoms with Gasteiger partial charge in [0.1, 0.15) is 18.8 Å². The third kappa shape index (κ3) is 4.81. The molecule has 2 aliphatic rings. The van der Waals surface area contributed by atoms with Crippen LogP contribution >= 0.6 is 0 Å². The topological polar surface area (TPSA) is 113 Å². The lowest BCUT2D eigenvalue weighted by molar-refractivity contribution is -0.175. The van der Waals surface area contributed by atoms with E-state index in [0.717, 1.165) is 38.6 Å². The summed E-state index contributed by atoms with van der Waals surface area (Å²) in [5, 5.41) is 17.7. The zero-order valence-corrected chi connectivity index (χ0v) is 18.1. The van der Waals surface area contributed by atoms with E-state index in [1.54, 1.807) is 24.4 Å². The monoisotopic (exact) mass is 438 g/mol. The second kappa shape index (κ2) is 10.2. The first-order valence-electron chi connectivity index (χ1n) is 11.3. The molecule has 2 aromatic rings. The van der Waals surface area contributed by atoms with E-state index in [-0.39, 0.29) is 24.3 Å². The quantitative estimate of drug-likeness (QED) is 0.542. The summed E-state index contributed by atoms with van der Waals surface area (Å²) in [6, 6.07) is 10.6. The second-order valence-electron chi connectivity index (χ2n) is 8.66. The fraction of sp³-hybridized carbons (Fsp3) is 0.500. The fourth-order valence-electron chi connectivity index (χ4n) is 4.86. The van der Waals surface area contributed by atoms with Gasteiger partial charge in [-0.25, -0.2) is 14.8 Å². The number of benzene rings is 1. The first-order chi connectivity index (χ1) is 15.6. The van der Waals surface area contributed by atoms with Crippen molar-refractivity contribution in [3.8, 4) is 0 Å². The molecule has 4 rings (SSSR count). The maximum absolute atomic E-state index is 13.3. The summed E-state index contributed by atoms with van der Waals surface area (Å²) < 4.78 is 5.70. The van der Waals surface area contributed by atoms with E-state index in [4.69, 9.17) is 4.74 Å². The average Bonchev–Trinajstić information content (AvgIpc) is 3.55. The van der Waals surface area contributed by atoms with Crippen LogP contribution in [0.25, 0.3) is 0 Å². The molecule has 1 aliphatic heterocycles. The van der Waals surface area contributed by atoms with Gasteiger partial charge in [0.05, 0.1) is 5.92 Å². The van der Waals surface area contributed by atoms with Gasteiger partial charge in [0.15, 0.2) is 5.60 Å². The van der Waals surface area contributed by atoms with E-state index >= 15 is 0 Å². The van der Waals surface area contributed by atoms with Crippen molar-refractivity contribution >= 4 is 17.7 Å². The Morgan fingerprint density at radius 1 is 1.19 bits per heavy atom. The van der Waals surface area contributed by atoms with E-state index in [1.165, 1.54) is 6.33 Å². The zero-order chi connectivity index (χ0) is 22.4. The van der Waals surface area contributed by atoms with Crippen LogP contribution in [-0.2, 0) is 19.9 Å². The molecule has 1 aliphatic carbocycles. The van der Waals surface area contributed by atoms with Gasteiger partial charge in [-0.2, -0.15) is 0 Å². The first-order valence-corrected chi connectivity index (χ1v) is 11.3. The number of carbonyl (C=O) groups is 2. The van der Waals surface area contributed by atoms with E-state index in [2.05, 4.69) is 20.6 Å². The number of esters is 1. The van der Waals surface area contributed by atoms with Gasteiger partial charge in [0.25, 0.3) is 0 Å². The van der Waals surface area contributed by atoms with Gasteiger partial charge in [-0.05, 0) is 49.9 Å². The van der Waals surface area contributed by atoms with Crippen molar-refractivity contribution < 1.29 is 19.4 Å². The Bertz CT molecular complexity index is 899. The molecule has 3 atom stereocenters. The van der Waals surface area contributed by atoms with Crippen LogP contribution in [0.15, 0.2) is 48.9 Å². The van der Waals surface area contributed by atoms with E-state index in [9.17, 15) is 14.7 Å². The summed E-state index contributed by atoms with van der Waals surface area (Å²) in [7, 11) is 0. The Morgan fingerprint density at radius 3 is 2.62 bits per heavy atom. The van der Waals surface area contributed by atoms with Crippen molar-refractivity contribution in [2.24, 2.45) is 17.8 Å². The Kier molecular flexibility index (Phi) is 7.12. The number of rotatable bonds is 8. The van der Waals surface area contributed by atoms with Gasteiger partial charge in [-0.15, -0.1) is 0 Å². The fourth-order valence-corrected chi connectivity index (χ4v) is 4.86. The number of anilines is 1. The number of carbonyl (C=O) groups excluding carboxylic acids is 2. The van der Waals surface area contributed by atoms with E-state index in [1.807, 2.05) is 18.2 Å². The third-order valence-electron chi connectivity index (χ3n) is 6.70. The highest BCUT2D eigenvalue weighted by atomic mass is 16.6. The number of amides is 1. The van der Waals surface area contributed by atoms with Gasteiger partial charge in [-0.1, -0.05) is 43.2 Å². The minimum Gasteiger partial charge on any atom is -0.462 e. The van der Waals surface area contributed by atoms with Gasteiger partial charge in [-0.3, -0.25) is 4.79 Å². The van der Waals surface area contributed by atoms with Crippen LogP contribution in [0.3, 0.4) is 0 Å². The SMILES string of the molecule is O=C(Nc1ccncn1)C(COC(=O)C(O)(c1ccccc1)C1CCCC1)[C@H]1CCNC1. The number of aliphatic hydroxyl groups is 1. The van der Waals surface area contributed by atoms with Crippen LogP contribution in [0.5, 0.6) is 0 Å². The van der Waals surface area contributed by atoms with Crippen molar-refractivity contribution in [2.45, 2.75) is 37.7 Å². The third-order valence-corrected chi connectivity index (χ3v) is 6.70. The van der Waals surface area contributed by atoms with Crippen LogP contribution < -0.4 is 10.6 Å². The van der Waals surface area contributed by atoms with Gasteiger partial charge < -0.3 is 20.5 Å². The van der Waals surface area contributed by atoms with Crippen LogP contribution in [-0.4, -0.2) is 46.6 Å². The Labute approximate surface area is 187 Å². The molecule has 2 unspecified atom stereocenters.